The molecule has 2 aliphatic rings. The number of likely N-dealkylation sites (N-methyl/N-ethyl adjacent to an activating group) is 1. The topological polar surface area (TPSA) is 90.6 Å². The summed E-state index contributed by atoms with van der Waals surface area (Å²) in [4.78, 5) is 26.6. The Balaban J connectivity index is 1.63. The van der Waals surface area contributed by atoms with Crippen LogP contribution in [0.25, 0.3) is 0 Å². The molecule has 0 unspecified atom stereocenters. The number of carbonyl (C=O) groups is 1. The molecule has 3 N–H and O–H groups in total. The average molecular weight is 333 g/mol. The molecule has 2 fully saturated rings. The molecule has 0 spiro atoms. The summed E-state index contributed by atoms with van der Waals surface area (Å²) in [6, 6.07) is 2.30. The van der Waals surface area contributed by atoms with E-state index < -0.39 is 0 Å². The van der Waals surface area contributed by atoms with E-state index in [0.29, 0.717) is 12.0 Å². The lowest BCUT2D eigenvalue weighted by Gasteiger charge is -2.34. The van der Waals surface area contributed by atoms with Crippen molar-refractivity contribution in [3.63, 3.8) is 0 Å². The summed E-state index contributed by atoms with van der Waals surface area (Å²) in [5.74, 6) is 2.11. The van der Waals surface area contributed by atoms with Gasteiger partial charge in [-0.25, -0.2) is 0 Å². The van der Waals surface area contributed by atoms with Crippen LogP contribution in [0, 0.1) is 0 Å². The molecule has 1 aromatic rings. The maximum Gasteiger partial charge on any atom is 0.223 e. The van der Waals surface area contributed by atoms with E-state index in [1.807, 2.05) is 11.0 Å². The minimum atomic E-state index is 0.150. The number of nitrogens with two attached hydrogens (primary N) is 1. The zero-order valence-electron chi connectivity index (χ0n) is 14.5. The van der Waals surface area contributed by atoms with Crippen LogP contribution in [0.2, 0.25) is 0 Å². The van der Waals surface area contributed by atoms with Crippen LogP contribution in [0.4, 0.5) is 17.6 Å². The number of piperazine rings is 1. The molecule has 24 heavy (non-hydrogen) atoms. The summed E-state index contributed by atoms with van der Waals surface area (Å²) in [5.41, 5.74) is 5.91. The third kappa shape index (κ3) is 4.05. The summed E-state index contributed by atoms with van der Waals surface area (Å²) >= 11 is 0. The van der Waals surface area contributed by atoms with Crippen LogP contribution in [0.15, 0.2) is 6.07 Å². The molecular formula is C16H27N7O. The Bertz CT molecular complexity index is 578. The van der Waals surface area contributed by atoms with Gasteiger partial charge in [-0.05, 0) is 19.9 Å². The van der Waals surface area contributed by atoms with Gasteiger partial charge in [0, 0.05) is 58.3 Å². The predicted molar refractivity (Wildman–Crippen MR) is 95.1 cm³/mol. The van der Waals surface area contributed by atoms with E-state index >= 15 is 0 Å². The molecule has 2 saturated heterocycles. The molecule has 0 aromatic carbocycles. The van der Waals surface area contributed by atoms with Crippen molar-refractivity contribution in [1.29, 1.82) is 0 Å². The van der Waals surface area contributed by atoms with Crippen molar-refractivity contribution in [1.82, 2.24) is 19.8 Å². The summed E-state index contributed by atoms with van der Waals surface area (Å²) in [6.45, 7) is 7.15. The quantitative estimate of drug-likeness (QED) is 0.818. The highest BCUT2D eigenvalue weighted by Crippen LogP contribution is 2.21. The van der Waals surface area contributed by atoms with E-state index in [4.69, 9.17) is 5.73 Å². The first kappa shape index (κ1) is 16.8. The number of nitrogens with one attached hydrogen (secondary N) is 1. The van der Waals surface area contributed by atoms with Gasteiger partial charge < -0.3 is 25.8 Å². The van der Waals surface area contributed by atoms with Gasteiger partial charge in [-0.2, -0.15) is 9.97 Å². The highest BCUT2D eigenvalue weighted by atomic mass is 16.2. The van der Waals surface area contributed by atoms with E-state index in [1.165, 1.54) is 0 Å². The van der Waals surface area contributed by atoms with Crippen molar-refractivity contribution in [2.75, 3.05) is 62.3 Å². The smallest absolute Gasteiger partial charge is 0.223 e. The Kier molecular flexibility index (Phi) is 5.03. The molecule has 0 aliphatic carbocycles. The molecule has 1 aromatic heterocycles. The Morgan fingerprint density at radius 3 is 2.46 bits per heavy atom. The van der Waals surface area contributed by atoms with Gasteiger partial charge in [-0.1, -0.05) is 0 Å². The molecule has 0 radical (unpaired) electrons. The highest BCUT2D eigenvalue weighted by Gasteiger charge is 2.22. The fraction of sp³-hybridized carbons (Fsp3) is 0.688. The summed E-state index contributed by atoms with van der Waals surface area (Å²) < 4.78 is 0. The zero-order chi connectivity index (χ0) is 17.1. The Morgan fingerprint density at radius 2 is 1.83 bits per heavy atom. The summed E-state index contributed by atoms with van der Waals surface area (Å²) in [5, 5.41) is 3.46. The first-order valence-corrected chi connectivity index (χ1v) is 8.61. The number of nitrogen functional groups attached to an aromatic ring is 1. The third-order valence-corrected chi connectivity index (χ3v) is 4.85. The van der Waals surface area contributed by atoms with Gasteiger partial charge in [-0.15, -0.1) is 0 Å². The monoisotopic (exact) mass is 333 g/mol. The second-order valence-electron chi connectivity index (χ2n) is 6.68. The van der Waals surface area contributed by atoms with Crippen LogP contribution in [0.3, 0.4) is 0 Å². The van der Waals surface area contributed by atoms with Crippen LogP contribution >= 0.6 is 0 Å². The van der Waals surface area contributed by atoms with Crippen LogP contribution in [0.1, 0.15) is 19.8 Å². The number of hydrogen-bond acceptors (Lipinski definition) is 7. The van der Waals surface area contributed by atoms with Crippen LogP contribution in [-0.4, -0.2) is 78.0 Å². The number of nitrogens with zero attached hydrogens (tertiary/aromatic N) is 5. The predicted octanol–water partition coefficient (Wildman–Crippen LogP) is 0.233. The van der Waals surface area contributed by atoms with Gasteiger partial charge in [-0.3, -0.25) is 4.79 Å². The van der Waals surface area contributed by atoms with Crippen LogP contribution in [0.5, 0.6) is 0 Å². The molecule has 0 atom stereocenters. The average Bonchev–Trinajstić information content (AvgIpc) is 2.55. The number of hydrogen-bond donors (Lipinski definition) is 2. The van der Waals surface area contributed by atoms with Crippen molar-refractivity contribution >= 4 is 23.5 Å². The second kappa shape index (κ2) is 7.21. The molecule has 8 nitrogen and oxygen atoms in total. The molecule has 3 rings (SSSR count). The van der Waals surface area contributed by atoms with E-state index in [9.17, 15) is 4.79 Å². The third-order valence-electron chi connectivity index (χ3n) is 4.85. The van der Waals surface area contributed by atoms with E-state index in [0.717, 1.165) is 63.7 Å². The van der Waals surface area contributed by atoms with Gasteiger partial charge in [0.15, 0.2) is 0 Å². The van der Waals surface area contributed by atoms with Gasteiger partial charge in [0.05, 0.1) is 0 Å². The van der Waals surface area contributed by atoms with Crippen molar-refractivity contribution in [2.45, 2.75) is 25.8 Å². The normalized spacial score (nSPS) is 20.2. The van der Waals surface area contributed by atoms with Crippen LogP contribution in [-0.2, 0) is 4.79 Å². The van der Waals surface area contributed by atoms with Crippen molar-refractivity contribution in [3.8, 4) is 0 Å². The lowest BCUT2D eigenvalue weighted by atomic mass is 10.1. The maximum atomic E-state index is 11.4. The van der Waals surface area contributed by atoms with Gasteiger partial charge in [0.2, 0.25) is 11.9 Å². The van der Waals surface area contributed by atoms with Crippen molar-refractivity contribution in [3.05, 3.63) is 6.07 Å². The highest BCUT2D eigenvalue weighted by molar-refractivity contribution is 5.73. The first-order chi connectivity index (χ1) is 11.5. The van der Waals surface area contributed by atoms with E-state index in [2.05, 4.69) is 32.1 Å². The molecule has 8 heteroatoms. The Hall–Kier alpha value is -2.09. The standard InChI is InChI=1S/C16H27N7O/c1-12(24)22-5-3-13(4-6-22)18-14-11-15(20-16(17)19-14)23-9-7-21(2)8-10-23/h11,13H,3-10H2,1-2H3,(H3,17,18,19,20). The minimum Gasteiger partial charge on any atom is -0.368 e. The summed E-state index contributed by atoms with van der Waals surface area (Å²) in [6.07, 6.45) is 1.85. The van der Waals surface area contributed by atoms with Crippen LogP contribution < -0.4 is 16.0 Å². The van der Waals surface area contributed by atoms with Gasteiger partial charge in [0.1, 0.15) is 11.6 Å². The number of rotatable bonds is 3. The molecule has 132 valence electrons. The fourth-order valence-electron chi connectivity index (χ4n) is 3.27. The fourth-order valence-corrected chi connectivity index (χ4v) is 3.27. The lowest BCUT2D eigenvalue weighted by Crippen LogP contribution is -2.45. The molecule has 1 amide bonds. The Labute approximate surface area is 143 Å². The second-order valence-corrected chi connectivity index (χ2v) is 6.68. The molecule has 3 heterocycles. The molecule has 0 saturated carbocycles. The lowest BCUT2D eigenvalue weighted by molar-refractivity contribution is -0.129. The molecule has 2 aliphatic heterocycles. The molecule has 0 bridgehead atoms. The summed E-state index contributed by atoms with van der Waals surface area (Å²) in [7, 11) is 2.13. The number of amides is 1. The van der Waals surface area contributed by atoms with Gasteiger partial charge in [0.25, 0.3) is 0 Å². The largest absolute Gasteiger partial charge is 0.368 e. The Morgan fingerprint density at radius 1 is 1.17 bits per heavy atom. The number of carbonyl (C=O) groups excluding carboxylic acids is 1. The van der Waals surface area contributed by atoms with Crippen molar-refractivity contribution in [2.24, 2.45) is 0 Å². The first-order valence-electron chi connectivity index (χ1n) is 8.61. The van der Waals surface area contributed by atoms with E-state index in [1.54, 1.807) is 6.92 Å². The van der Waals surface area contributed by atoms with Crippen molar-refractivity contribution < 1.29 is 4.79 Å². The maximum absolute atomic E-state index is 11.4. The SMILES string of the molecule is CC(=O)N1CCC(Nc2cc(N3CCN(C)CC3)nc(N)n2)CC1. The zero-order valence-corrected chi connectivity index (χ0v) is 14.5. The molecular weight excluding hydrogens is 306 g/mol. The minimum absolute atomic E-state index is 0.150. The number of piperidine rings is 1. The van der Waals surface area contributed by atoms with E-state index in [-0.39, 0.29) is 5.91 Å². The number of aromatic nitrogens is 2. The van der Waals surface area contributed by atoms with Gasteiger partial charge >= 0.3 is 0 Å². The number of anilines is 3. The number of likely N-dealkylation sites (tertiary alicyclic amines) is 1.